The van der Waals surface area contributed by atoms with E-state index in [0.717, 1.165) is 16.7 Å². The fourth-order valence-electron chi connectivity index (χ4n) is 2.59. The third kappa shape index (κ3) is 4.67. The van der Waals surface area contributed by atoms with E-state index < -0.39 is 4.92 Å². The van der Waals surface area contributed by atoms with Crippen molar-refractivity contribution in [3.8, 4) is 0 Å². The first-order chi connectivity index (χ1) is 13.0. The van der Waals surface area contributed by atoms with E-state index in [1.807, 2.05) is 67.6 Å². The van der Waals surface area contributed by atoms with Gasteiger partial charge < -0.3 is 5.32 Å². The number of nitrogens with one attached hydrogen (secondary N) is 1. The summed E-state index contributed by atoms with van der Waals surface area (Å²) in [7, 11) is 0. The van der Waals surface area contributed by atoms with Crippen LogP contribution in [0.25, 0.3) is 11.6 Å². The van der Waals surface area contributed by atoms with Gasteiger partial charge in [-0.05, 0) is 36.3 Å². The predicted molar refractivity (Wildman–Crippen MR) is 107 cm³/mol. The first-order valence-electron chi connectivity index (χ1n) is 8.42. The Morgan fingerprint density at radius 1 is 0.926 bits per heavy atom. The minimum Gasteiger partial charge on any atom is -0.322 e. The van der Waals surface area contributed by atoms with Crippen LogP contribution in [0.5, 0.6) is 0 Å². The molecule has 0 aliphatic heterocycles. The number of hydrogen-bond donors (Lipinski definition) is 1. The van der Waals surface area contributed by atoms with Gasteiger partial charge in [-0.3, -0.25) is 14.9 Å². The number of carbonyl (C=O) groups excluding carboxylic acids is 1. The highest BCUT2D eigenvalue weighted by Crippen LogP contribution is 2.22. The van der Waals surface area contributed by atoms with Crippen LogP contribution < -0.4 is 5.32 Å². The molecule has 0 atom stereocenters. The molecule has 3 aromatic rings. The van der Waals surface area contributed by atoms with Crippen molar-refractivity contribution in [3.63, 3.8) is 0 Å². The number of aryl methyl sites for hydroxylation is 1. The first-order valence-corrected chi connectivity index (χ1v) is 8.42. The zero-order valence-corrected chi connectivity index (χ0v) is 14.8. The molecule has 0 saturated carbocycles. The van der Waals surface area contributed by atoms with Gasteiger partial charge in [-0.15, -0.1) is 0 Å². The molecule has 0 saturated heterocycles. The maximum atomic E-state index is 12.9. The molecule has 0 aliphatic carbocycles. The van der Waals surface area contributed by atoms with Crippen molar-refractivity contribution < 1.29 is 9.72 Å². The smallest absolute Gasteiger partial charge is 0.269 e. The van der Waals surface area contributed by atoms with E-state index in [-0.39, 0.29) is 11.6 Å². The van der Waals surface area contributed by atoms with E-state index in [9.17, 15) is 14.9 Å². The second kappa shape index (κ2) is 8.10. The lowest BCUT2D eigenvalue weighted by atomic mass is 10.0. The van der Waals surface area contributed by atoms with Crippen molar-refractivity contribution >= 4 is 28.9 Å². The second-order valence-electron chi connectivity index (χ2n) is 6.09. The topological polar surface area (TPSA) is 72.2 Å². The number of anilines is 1. The Kier molecular flexibility index (Phi) is 5.42. The summed E-state index contributed by atoms with van der Waals surface area (Å²) in [6.45, 7) is 1.99. The maximum Gasteiger partial charge on any atom is 0.269 e. The summed E-state index contributed by atoms with van der Waals surface area (Å²) in [5, 5.41) is 13.6. The van der Waals surface area contributed by atoms with Gasteiger partial charge in [-0.1, -0.05) is 60.2 Å². The highest BCUT2D eigenvalue weighted by Gasteiger charge is 2.13. The van der Waals surface area contributed by atoms with Gasteiger partial charge >= 0.3 is 0 Å². The monoisotopic (exact) mass is 358 g/mol. The van der Waals surface area contributed by atoms with Gasteiger partial charge in [0.25, 0.3) is 11.6 Å². The molecule has 0 aromatic heterocycles. The number of amides is 1. The van der Waals surface area contributed by atoms with E-state index >= 15 is 0 Å². The van der Waals surface area contributed by atoms with Crippen LogP contribution in [0.4, 0.5) is 11.4 Å². The molecule has 1 N–H and O–H groups in total. The fourth-order valence-corrected chi connectivity index (χ4v) is 2.59. The number of nitro groups is 1. The molecule has 0 unspecified atom stereocenters. The van der Waals surface area contributed by atoms with Gasteiger partial charge in [-0.2, -0.15) is 0 Å². The van der Waals surface area contributed by atoms with E-state index in [4.69, 9.17) is 0 Å². The summed E-state index contributed by atoms with van der Waals surface area (Å²) in [5.74, 6) is -0.281. The molecule has 3 rings (SSSR count). The first kappa shape index (κ1) is 18.1. The highest BCUT2D eigenvalue weighted by atomic mass is 16.6. The van der Waals surface area contributed by atoms with Crippen LogP contribution in [0.15, 0.2) is 78.9 Å². The van der Waals surface area contributed by atoms with Gasteiger partial charge in [0.1, 0.15) is 0 Å². The van der Waals surface area contributed by atoms with Crippen LogP contribution in [0, 0.1) is 17.0 Å². The SMILES string of the molecule is Cc1ccc(C(=Cc2ccccc2)C(=O)Nc2ccc([N+](=O)[O-])cc2)cc1. The number of nitrogens with zero attached hydrogens (tertiary/aromatic N) is 1. The number of non-ortho nitro benzene ring substituents is 1. The molecule has 5 nitrogen and oxygen atoms in total. The predicted octanol–water partition coefficient (Wildman–Crippen LogP) is 5.08. The van der Waals surface area contributed by atoms with Crippen molar-refractivity contribution in [2.75, 3.05) is 5.32 Å². The Morgan fingerprint density at radius 2 is 1.56 bits per heavy atom. The molecule has 0 bridgehead atoms. The number of nitro benzene ring substituents is 1. The number of benzene rings is 3. The summed E-state index contributed by atoms with van der Waals surface area (Å²) in [4.78, 5) is 23.2. The van der Waals surface area contributed by atoms with Crippen molar-refractivity contribution in [2.45, 2.75) is 6.92 Å². The van der Waals surface area contributed by atoms with E-state index in [1.54, 1.807) is 0 Å². The largest absolute Gasteiger partial charge is 0.322 e. The van der Waals surface area contributed by atoms with Crippen molar-refractivity contribution in [2.24, 2.45) is 0 Å². The highest BCUT2D eigenvalue weighted by molar-refractivity contribution is 6.29. The van der Waals surface area contributed by atoms with Crippen molar-refractivity contribution in [1.29, 1.82) is 0 Å². The molecule has 5 heteroatoms. The lowest BCUT2D eigenvalue weighted by Crippen LogP contribution is -2.13. The Labute approximate surface area is 157 Å². The molecule has 134 valence electrons. The van der Waals surface area contributed by atoms with Gasteiger partial charge in [0, 0.05) is 23.4 Å². The lowest BCUT2D eigenvalue weighted by molar-refractivity contribution is -0.384. The van der Waals surface area contributed by atoms with Crippen molar-refractivity contribution in [3.05, 3.63) is 106 Å². The number of carbonyl (C=O) groups is 1. The van der Waals surface area contributed by atoms with Gasteiger partial charge in [0.05, 0.1) is 4.92 Å². The average molecular weight is 358 g/mol. The molecular weight excluding hydrogens is 340 g/mol. The van der Waals surface area contributed by atoms with Gasteiger partial charge in [0.2, 0.25) is 0 Å². The standard InChI is InChI=1S/C22H18N2O3/c1-16-7-9-18(10-8-16)21(15-17-5-3-2-4-6-17)22(25)23-19-11-13-20(14-12-19)24(26)27/h2-15H,1H3,(H,23,25). The molecular formula is C22H18N2O3. The third-order valence-corrected chi connectivity index (χ3v) is 4.05. The Morgan fingerprint density at radius 3 is 2.15 bits per heavy atom. The van der Waals surface area contributed by atoms with Gasteiger partial charge in [0.15, 0.2) is 0 Å². The second-order valence-corrected chi connectivity index (χ2v) is 6.09. The Bertz CT molecular complexity index is 976. The van der Waals surface area contributed by atoms with Crippen LogP contribution in [0.3, 0.4) is 0 Å². The number of hydrogen-bond acceptors (Lipinski definition) is 3. The molecule has 0 aliphatic rings. The summed E-state index contributed by atoms with van der Waals surface area (Å²) < 4.78 is 0. The summed E-state index contributed by atoms with van der Waals surface area (Å²) in [6.07, 6.45) is 1.82. The zero-order chi connectivity index (χ0) is 19.2. The molecule has 0 fully saturated rings. The normalized spacial score (nSPS) is 11.1. The van der Waals surface area contributed by atoms with Crippen molar-refractivity contribution in [1.82, 2.24) is 0 Å². The van der Waals surface area contributed by atoms with E-state index in [1.165, 1.54) is 24.3 Å². The van der Waals surface area contributed by atoms with Crippen LogP contribution in [-0.2, 0) is 4.79 Å². The minimum atomic E-state index is -0.474. The lowest BCUT2D eigenvalue weighted by Gasteiger charge is -2.10. The van der Waals surface area contributed by atoms with Gasteiger partial charge in [-0.25, -0.2) is 0 Å². The van der Waals surface area contributed by atoms with Crippen LogP contribution in [0.1, 0.15) is 16.7 Å². The molecule has 0 radical (unpaired) electrons. The Balaban J connectivity index is 1.92. The summed E-state index contributed by atoms with van der Waals surface area (Å²) in [6, 6.07) is 23.1. The zero-order valence-electron chi connectivity index (χ0n) is 14.8. The van der Waals surface area contributed by atoms with Crippen LogP contribution >= 0.6 is 0 Å². The fraction of sp³-hybridized carbons (Fsp3) is 0.0455. The number of rotatable bonds is 5. The van der Waals surface area contributed by atoms with Crippen LogP contribution in [-0.4, -0.2) is 10.8 Å². The summed E-state index contributed by atoms with van der Waals surface area (Å²) in [5.41, 5.74) is 3.80. The quantitative estimate of drug-likeness (QED) is 0.299. The van der Waals surface area contributed by atoms with E-state index in [0.29, 0.717) is 11.3 Å². The third-order valence-electron chi connectivity index (χ3n) is 4.05. The molecule has 27 heavy (non-hydrogen) atoms. The van der Waals surface area contributed by atoms with E-state index in [2.05, 4.69) is 5.32 Å². The molecule has 0 heterocycles. The molecule has 3 aromatic carbocycles. The minimum absolute atomic E-state index is 0.0217. The Hall–Kier alpha value is -3.73. The molecule has 1 amide bonds. The molecule has 0 spiro atoms. The summed E-state index contributed by atoms with van der Waals surface area (Å²) >= 11 is 0. The van der Waals surface area contributed by atoms with Crippen LogP contribution in [0.2, 0.25) is 0 Å². The maximum absolute atomic E-state index is 12.9. The average Bonchev–Trinajstić information content (AvgIpc) is 2.68.